The number of alkyl carbamates (subject to hydrolysis) is 1. The Morgan fingerprint density at radius 1 is 1.18 bits per heavy atom. The lowest BCUT2D eigenvalue weighted by atomic mass is 10.2. The number of allylic oxidation sites excluding steroid dienone is 2. The van der Waals surface area contributed by atoms with E-state index in [1.54, 1.807) is 46.5 Å². The third-order valence-corrected chi connectivity index (χ3v) is 9.63. The number of carbonyl (C=O) groups is 4. The number of aromatic amines is 1. The third kappa shape index (κ3) is 15.6. The fraction of sp³-hybridized carbons (Fsp3) is 0.605. The molecule has 17 heteroatoms. The summed E-state index contributed by atoms with van der Waals surface area (Å²) in [5.41, 5.74) is 7.04. The number of likely N-dealkylation sites (tertiary alicyclic amines) is 1. The molecule has 308 valence electrons. The zero-order valence-corrected chi connectivity index (χ0v) is 34.8. The first-order valence-corrected chi connectivity index (χ1v) is 19.9. The summed E-state index contributed by atoms with van der Waals surface area (Å²) in [6, 6.07) is 5.31. The van der Waals surface area contributed by atoms with Gasteiger partial charge in [-0.25, -0.2) is 18.1 Å². The second kappa shape index (κ2) is 22.0. The Morgan fingerprint density at radius 3 is 2.45 bits per heavy atom. The predicted molar refractivity (Wildman–Crippen MR) is 218 cm³/mol. The summed E-state index contributed by atoms with van der Waals surface area (Å²) in [5, 5.41) is 8.41. The molecule has 0 spiro atoms. The molecule has 0 radical (unpaired) electrons. The van der Waals surface area contributed by atoms with Crippen molar-refractivity contribution in [2.45, 2.75) is 104 Å². The lowest BCUT2D eigenvalue weighted by Crippen LogP contribution is -2.48. The smallest absolute Gasteiger partial charge is 0.408 e. The molecule has 4 rings (SSSR count). The van der Waals surface area contributed by atoms with Gasteiger partial charge in [-0.3, -0.25) is 23.7 Å². The van der Waals surface area contributed by atoms with E-state index in [0.29, 0.717) is 24.7 Å². The highest BCUT2D eigenvalue weighted by molar-refractivity contribution is 7.81. The van der Waals surface area contributed by atoms with Gasteiger partial charge < -0.3 is 36.3 Å². The maximum Gasteiger partial charge on any atom is 0.408 e. The zero-order valence-electron chi connectivity index (χ0n) is 34.0. The fourth-order valence-electron chi connectivity index (χ4n) is 5.68. The van der Waals surface area contributed by atoms with Gasteiger partial charge in [-0.05, 0) is 84.8 Å². The largest absolute Gasteiger partial charge is 0.444 e. The number of anilines is 1. The summed E-state index contributed by atoms with van der Waals surface area (Å²) >= 11 is -1.40. The number of hydrogen-bond donors (Lipinski definition) is 6. The van der Waals surface area contributed by atoms with Crippen LogP contribution in [0.4, 0.5) is 10.5 Å². The third-order valence-electron chi connectivity index (χ3n) is 8.59. The first kappa shape index (κ1) is 46.5. The first-order chi connectivity index (χ1) is 25.8. The number of benzene rings is 1. The van der Waals surface area contributed by atoms with Crippen LogP contribution in [0.5, 0.6) is 0 Å². The van der Waals surface area contributed by atoms with Gasteiger partial charge >= 0.3 is 11.8 Å². The van der Waals surface area contributed by atoms with Crippen LogP contribution in [0.25, 0.3) is 11.0 Å². The Balaban J connectivity index is 0.000000285. The number of carbonyl (C=O) groups excluding carboxylic acids is 4. The lowest BCUT2D eigenvalue weighted by Gasteiger charge is -2.23. The van der Waals surface area contributed by atoms with Crippen molar-refractivity contribution in [3.63, 3.8) is 0 Å². The van der Waals surface area contributed by atoms with Crippen LogP contribution in [0.15, 0.2) is 47.5 Å². The first-order valence-electron chi connectivity index (χ1n) is 18.8. The number of rotatable bonds is 15. The molecule has 4 amide bonds. The van der Waals surface area contributed by atoms with Crippen molar-refractivity contribution in [3.05, 3.63) is 53.2 Å². The number of primary amides is 1. The van der Waals surface area contributed by atoms with E-state index in [1.165, 1.54) is 28.5 Å². The number of unbranched alkanes of at least 4 members (excludes halogenated alkanes) is 3. The van der Waals surface area contributed by atoms with Crippen molar-refractivity contribution in [1.82, 2.24) is 34.1 Å². The number of para-hydroxylation sites is 1. The molecule has 2 aromatic rings. The van der Waals surface area contributed by atoms with Crippen molar-refractivity contribution >= 4 is 51.7 Å². The van der Waals surface area contributed by atoms with Gasteiger partial charge in [-0.15, -0.1) is 0 Å². The summed E-state index contributed by atoms with van der Waals surface area (Å²) in [6.07, 6.45) is 10.7. The number of amides is 4. The van der Waals surface area contributed by atoms with Gasteiger partial charge in [-0.2, -0.15) is 0 Å². The summed E-state index contributed by atoms with van der Waals surface area (Å²) in [7, 11) is 5.14. The van der Waals surface area contributed by atoms with Crippen molar-refractivity contribution in [1.29, 1.82) is 0 Å². The molecule has 4 atom stereocenters. The Hall–Kier alpha value is -4.64. The number of nitrogens with zero attached hydrogens (tertiary/aromatic N) is 3. The van der Waals surface area contributed by atoms with E-state index in [1.807, 2.05) is 32.0 Å². The molecule has 7 N–H and O–H groups in total. The van der Waals surface area contributed by atoms with Crippen molar-refractivity contribution in [2.75, 3.05) is 39.5 Å². The van der Waals surface area contributed by atoms with E-state index in [0.717, 1.165) is 36.0 Å². The summed E-state index contributed by atoms with van der Waals surface area (Å²) in [6.45, 7) is 15.5. The average Bonchev–Trinajstić information content (AvgIpc) is 3.53. The topological polar surface area (TPSA) is 213 Å². The van der Waals surface area contributed by atoms with Crippen molar-refractivity contribution in [2.24, 2.45) is 17.6 Å². The van der Waals surface area contributed by atoms with Crippen LogP contribution in [0, 0.1) is 11.8 Å². The number of H-pyrrole nitrogens is 1. The van der Waals surface area contributed by atoms with E-state index < -0.39 is 34.8 Å². The minimum Gasteiger partial charge on any atom is -0.444 e. The number of nitrogens with two attached hydrogens (primary N) is 1. The van der Waals surface area contributed by atoms with E-state index in [9.17, 15) is 28.2 Å². The molecule has 2 aliphatic rings. The number of imidazole rings is 1. The average molecular weight is 790 g/mol. The van der Waals surface area contributed by atoms with Gasteiger partial charge in [0.05, 0.1) is 22.5 Å². The van der Waals surface area contributed by atoms with Gasteiger partial charge in [0.1, 0.15) is 18.2 Å². The highest BCUT2D eigenvalue weighted by atomic mass is 32.2. The number of ether oxygens (including phenoxy) is 1. The van der Waals surface area contributed by atoms with Crippen LogP contribution < -0.4 is 32.1 Å². The minimum atomic E-state index is -1.40. The number of aromatic nitrogens is 2. The van der Waals surface area contributed by atoms with Gasteiger partial charge in [-0.1, -0.05) is 44.6 Å². The molecule has 3 unspecified atom stereocenters. The molecular formula is C38H63N9O7S. The van der Waals surface area contributed by atoms with E-state index in [4.69, 9.17) is 10.5 Å². The predicted octanol–water partition coefficient (Wildman–Crippen LogP) is 4.02. The molecule has 55 heavy (non-hydrogen) atoms. The highest BCUT2D eigenvalue weighted by Gasteiger charge is 2.41. The van der Waals surface area contributed by atoms with E-state index in [2.05, 4.69) is 51.3 Å². The van der Waals surface area contributed by atoms with Crippen LogP contribution in [-0.2, 0) is 30.3 Å². The molecule has 1 aliphatic carbocycles. The zero-order chi connectivity index (χ0) is 41.5. The second-order valence-electron chi connectivity index (χ2n) is 14.9. The van der Waals surface area contributed by atoms with Crippen LogP contribution >= 0.6 is 0 Å². The molecule has 1 saturated carbocycles. The standard InChI is InChI=1S/C13H18N4O.C13H24N2O2S.C12H21N3O4/c1-8(2)17-11-7-5-6-10(15-9(3)14-4)12(11)16-13(17)18;1-4-5-6-7-8-9-11-10-12(11)13(16)14-18(17)15(2)3;1-12(2,3)19-11(18)14-7-9(16)15-6-4-5-8(15)10(13)17/h5-8,14-15H,3H2,1-2,4H3,(H,16,18);8-9,11-12H,4-7,10H2,1-3H3,(H,14,16);8H,4-7H2,1-3H3,(H2,13,17)(H,14,18)/b;9-8-;/t;11?,12-,18?;/m.0./s1. The fourth-order valence-corrected chi connectivity index (χ4v) is 6.19. The van der Waals surface area contributed by atoms with Crippen LogP contribution in [0.2, 0.25) is 0 Å². The highest BCUT2D eigenvalue weighted by Crippen LogP contribution is 2.40. The maximum absolute atomic E-state index is 11.9. The SMILES string of the molecule is C=C(NC)Nc1cccc2c1[nH]c(=O)n2C(C)C.CC(C)(C)OC(=O)NCC(=O)N1CCCC1C(N)=O.CCCCC/C=C\C1C[C@@H]1C(=O)NS(=O)N(C)C. The number of hydrogen-bond acceptors (Lipinski definition) is 9. The Kier molecular flexibility index (Phi) is 18.6. The lowest BCUT2D eigenvalue weighted by molar-refractivity contribution is -0.136. The molecular weight excluding hydrogens is 727 g/mol. The molecule has 0 bridgehead atoms. The number of fused-ring (bicyclic) bond motifs is 1. The molecule has 1 aromatic heterocycles. The summed E-state index contributed by atoms with van der Waals surface area (Å²) in [4.78, 5) is 62.3. The van der Waals surface area contributed by atoms with E-state index in [-0.39, 0.29) is 36.0 Å². The monoisotopic (exact) mass is 789 g/mol. The quantitative estimate of drug-likeness (QED) is 0.114. The Bertz CT molecular complexity index is 1730. The Morgan fingerprint density at radius 2 is 1.87 bits per heavy atom. The summed E-state index contributed by atoms with van der Waals surface area (Å²) in [5.74, 6) is 0.128. The Labute approximate surface area is 327 Å². The van der Waals surface area contributed by atoms with Gasteiger partial charge in [0, 0.05) is 39.6 Å². The van der Waals surface area contributed by atoms with Crippen molar-refractivity contribution < 1.29 is 28.1 Å². The molecule has 1 aliphatic heterocycles. The summed E-state index contributed by atoms with van der Waals surface area (Å²) < 4.78 is 22.2. The molecule has 2 fully saturated rings. The van der Waals surface area contributed by atoms with Crippen LogP contribution in [-0.4, -0.2) is 92.7 Å². The van der Waals surface area contributed by atoms with Gasteiger partial charge in [0.2, 0.25) is 17.7 Å². The van der Waals surface area contributed by atoms with Crippen LogP contribution in [0.3, 0.4) is 0 Å². The minimum absolute atomic E-state index is 0.0244. The maximum atomic E-state index is 11.9. The van der Waals surface area contributed by atoms with E-state index >= 15 is 0 Å². The van der Waals surface area contributed by atoms with Gasteiger partial charge in [0.25, 0.3) is 0 Å². The van der Waals surface area contributed by atoms with Gasteiger partial charge in [0.15, 0.2) is 11.2 Å². The molecule has 2 heterocycles. The van der Waals surface area contributed by atoms with Crippen molar-refractivity contribution in [3.8, 4) is 0 Å². The second-order valence-corrected chi connectivity index (χ2v) is 16.3. The number of nitrogens with one attached hydrogen (secondary N) is 5. The molecule has 1 saturated heterocycles. The molecule has 1 aromatic carbocycles. The molecule has 16 nitrogen and oxygen atoms in total. The normalized spacial score (nSPS) is 18.2. The van der Waals surface area contributed by atoms with Crippen LogP contribution in [0.1, 0.15) is 92.5 Å².